The van der Waals surface area contributed by atoms with Crippen LogP contribution in [-0.2, 0) is 9.59 Å². The molecule has 0 aromatic heterocycles. The van der Waals surface area contributed by atoms with Crippen molar-refractivity contribution in [3.05, 3.63) is 54.1 Å². The Balaban J connectivity index is 1.55. The number of benzene rings is 2. The van der Waals surface area contributed by atoms with E-state index in [1.807, 2.05) is 24.3 Å². The van der Waals surface area contributed by atoms with Crippen LogP contribution in [0, 0.1) is 5.92 Å². The number of thioether (sulfide) groups is 1. The van der Waals surface area contributed by atoms with Crippen LogP contribution in [0.1, 0.15) is 32.8 Å². The number of carbonyl (C=O) groups excluding carboxylic acids is 2. The fraction of sp³-hybridized carbons (Fsp3) is 0.333. The minimum atomic E-state index is -0.473. The second kappa shape index (κ2) is 9.16. The summed E-state index contributed by atoms with van der Waals surface area (Å²) >= 11 is 1.26. The van der Waals surface area contributed by atoms with Gasteiger partial charge in [-0.2, -0.15) is 0 Å². The van der Waals surface area contributed by atoms with Gasteiger partial charge in [-0.25, -0.2) is 9.89 Å². The van der Waals surface area contributed by atoms with Gasteiger partial charge in [-0.1, -0.05) is 37.7 Å². The molecule has 0 spiro atoms. The first-order chi connectivity index (χ1) is 15.4. The van der Waals surface area contributed by atoms with Crippen molar-refractivity contribution < 1.29 is 14.3 Å². The molecule has 0 aliphatic carbocycles. The van der Waals surface area contributed by atoms with E-state index in [1.54, 1.807) is 43.2 Å². The number of nitrogens with zero attached hydrogens (tertiary/aromatic N) is 3. The number of hydrogen-bond donors (Lipinski definition) is 1. The lowest BCUT2D eigenvalue weighted by atomic mass is 10.0. The molecule has 4 rings (SSSR count). The highest BCUT2D eigenvalue weighted by molar-refractivity contribution is 8.15. The Morgan fingerprint density at radius 1 is 1.16 bits per heavy atom. The van der Waals surface area contributed by atoms with E-state index in [0.29, 0.717) is 29.0 Å². The van der Waals surface area contributed by atoms with Gasteiger partial charge in [-0.05, 0) is 55.7 Å². The Morgan fingerprint density at radius 2 is 1.88 bits per heavy atom. The van der Waals surface area contributed by atoms with Crippen LogP contribution in [0.25, 0.3) is 0 Å². The number of nitrogens with one attached hydrogen (secondary N) is 1. The lowest BCUT2D eigenvalue weighted by molar-refractivity contribution is -0.125. The van der Waals surface area contributed by atoms with Crippen molar-refractivity contribution in [1.29, 1.82) is 0 Å². The number of amides is 2. The van der Waals surface area contributed by atoms with Gasteiger partial charge in [0.2, 0.25) is 5.91 Å². The summed E-state index contributed by atoms with van der Waals surface area (Å²) in [6.07, 6.45) is 0.673. The Labute approximate surface area is 192 Å². The normalized spacial score (nSPS) is 18.0. The molecule has 2 amide bonds. The molecule has 1 N–H and O–H groups in total. The lowest BCUT2D eigenvalue weighted by Crippen LogP contribution is -2.42. The van der Waals surface area contributed by atoms with Crippen molar-refractivity contribution in [2.45, 2.75) is 38.5 Å². The van der Waals surface area contributed by atoms with Gasteiger partial charge < -0.3 is 10.1 Å². The Hall–Kier alpha value is -3.13. The van der Waals surface area contributed by atoms with E-state index in [0.717, 1.165) is 17.0 Å². The van der Waals surface area contributed by atoms with Gasteiger partial charge in [0.15, 0.2) is 5.17 Å². The molecule has 32 heavy (non-hydrogen) atoms. The third-order valence-corrected chi connectivity index (χ3v) is 6.30. The summed E-state index contributed by atoms with van der Waals surface area (Å²) in [7, 11) is 1.60. The topological polar surface area (TPSA) is 83.4 Å². The number of rotatable bonds is 6. The molecule has 2 aliphatic rings. The van der Waals surface area contributed by atoms with E-state index in [-0.39, 0.29) is 11.8 Å². The highest BCUT2D eigenvalue weighted by Crippen LogP contribution is 2.35. The SMILES string of the molecule is COc1ccc(NC(=O)[C@H](C)SC2=Nc3ccccc3C3=N[C@@H](CC(C)C)C(=O)N23)cc1. The van der Waals surface area contributed by atoms with Gasteiger partial charge in [-0.3, -0.25) is 14.6 Å². The van der Waals surface area contributed by atoms with Crippen molar-refractivity contribution >= 4 is 46.0 Å². The number of amidine groups is 2. The molecule has 0 unspecified atom stereocenters. The van der Waals surface area contributed by atoms with Crippen molar-refractivity contribution in [1.82, 2.24) is 4.90 Å². The number of aliphatic imine (C=N–C) groups is 2. The molecule has 0 radical (unpaired) electrons. The van der Waals surface area contributed by atoms with Crippen molar-refractivity contribution in [3.63, 3.8) is 0 Å². The molecule has 0 saturated carbocycles. The van der Waals surface area contributed by atoms with Gasteiger partial charge in [0.25, 0.3) is 5.91 Å². The maximum absolute atomic E-state index is 13.2. The molecule has 2 atom stereocenters. The van der Waals surface area contributed by atoms with E-state index in [4.69, 9.17) is 14.7 Å². The summed E-state index contributed by atoms with van der Waals surface area (Å²) in [5, 5.41) is 2.91. The largest absolute Gasteiger partial charge is 0.497 e. The van der Waals surface area contributed by atoms with Crippen LogP contribution < -0.4 is 10.1 Å². The molecule has 2 aromatic rings. The molecule has 2 aliphatic heterocycles. The van der Waals surface area contributed by atoms with Gasteiger partial charge in [0, 0.05) is 11.3 Å². The van der Waals surface area contributed by atoms with E-state index in [1.165, 1.54) is 11.8 Å². The van der Waals surface area contributed by atoms with E-state index < -0.39 is 11.3 Å². The van der Waals surface area contributed by atoms with Crippen molar-refractivity contribution in [2.75, 3.05) is 12.4 Å². The summed E-state index contributed by atoms with van der Waals surface area (Å²) < 4.78 is 5.15. The number of fused-ring (bicyclic) bond motifs is 3. The van der Waals surface area contributed by atoms with E-state index in [9.17, 15) is 9.59 Å². The Bertz CT molecular complexity index is 1090. The maximum Gasteiger partial charge on any atom is 0.259 e. The number of methoxy groups -OCH3 is 1. The fourth-order valence-corrected chi connectivity index (χ4v) is 4.53. The summed E-state index contributed by atoms with van der Waals surface area (Å²) in [5.74, 6) is 1.42. The van der Waals surface area contributed by atoms with Crippen LogP contribution in [0.5, 0.6) is 5.75 Å². The quantitative estimate of drug-likeness (QED) is 0.704. The zero-order valence-corrected chi connectivity index (χ0v) is 19.3. The number of para-hydroxylation sites is 1. The van der Waals surface area contributed by atoms with Gasteiger partial charge >= 0.3 is 0 Å². The molecule has 166 valence electrons. The molecular formula is C24H26N4O3S. The number of ether oxygens (including phenoxy) is 1. The predicted octanol–water partition coefficient (Wildman–Crippen LogP) is 4.46. The average Bonchev–Trinajstić information content (AvgIpc) is 3.10. The zero-order valence-electron chi connectivity index (χ0n) is 18.5. The highest BCUT2D eigenvalue weighted by atomic mass is 32.2. The molecule has 8 heteroatoms. The number of carbonyl (C=O) groups is 2. The number of anilines is 1. The predicted molar refractivity (Wildman–Crippen MR) is 129 cm³/mol. The monoisotopic (exact) mass is 450 g/mol. The van der Waals surface area contributed by atoms with Gasteiger partial charge in [0.1, 0.15) is 17.6 Å². The standard InChI is InChI=1S/C24H26N4O3S/c1-14(2)13-20-23(30)28-21(26-20)18-7-5-6-8-19(18)27-24(28)32-15(3)22(29)25-16-9-11-17(31-4)12-10-16/h5-12,14-15,20H,13H2,1-4H3,(H,25,29)/t15-,20-/m0/s1. The fourth-order valence-electron chi connectivity index (χ4n) is 3.61. The minimum Gasteiger partial charge on any atom is -0.497 e. The van der Waals surface area contributed by atoms with Crippen LogP contribution in [0.4, 0.5) is 11.4 Å². The summed E-state index contributed by atoms with van der Waals surface area (Å²) in [6, 6.07) is 14.4. The Morgan fingerprint density at radius 3 is 2.56 bits per heavy atom. The molecule has 0 saturated heterocycles. The smallest absolute Gasteiger partial charge is 0.259 e. The zero-order chi connectivity index (χ0) is 22.8. The average molecular weight is 451 g/mol. The summed E-state index contributed by atoms with van der Waals surface area (Å²) in [5.41, 5.74) is 2.27. The number of hydrogen-bond acceptors (Lipinski definition) is 6. The van der Waals surface area contributed by atoms with Crippen molar-refractivity contribution in [2.24, 2.45) is 15.9 Å². The molecule has 0 fully saturated rings. The van der Waals surface area contributed by atoms with Gasteiger partial charge in [0.05, 0.1) is 18.0 Å². The minimum absolute atomic E-state index is 0.0859. The van der Waals surface area contributed by atoms with Crippen LogP contribution in [0.2, 0.25) is 0 Å². The second-order valence-corrected chi connectivity index (χ2v) is 9.47. The van der Waals surface area contributed by atoms with E-state index in [2.05, 4.69) is 19.2 Å². The highest BCUT2D eigenvalue weighted by Gasteiger charge is 2.42. The molecule has 2 aromatic carbocycles. The molecule has 2 heterocycles. The third kappa shape index (κ3) is 4.41. The second-order valence-electron chi connectivity index (χ2n) is 8.16. The lowest BCUT2D eigenvalue weighted by Gasteiger charge is -2.27. The summed E-state index contributed by atoms with van der Waals surface area (Å²) in [6.45, 7) is 5.96. The third-order valence-electron chi connectivity index (χ3n) is 5.25. The molecule has 7 nitrogen and oxygen atoms in total. The Kier molecular flexibility index (Phi) is 6.32. The maximum atomic E-state index is 13.2. The van der Waals surface area contributed by atoms with Crippen LogP contribution in [0.15, 0.2) is 58.5 Å². The molecule has 0 bridgehead atoms. The van der Waals surface area contributed by atoms with Gasteiger partial charge in [-0.15, -0.1) is 0 Å². The van der Waals surface area contributed by atoms with Crippen molar-refractivity contribution in [3.8, 4) is 5.75 Å². The molecular weight excluding hydrogens is 424 g/mol. The van der Waals surface area contributed by atoms with E-state index >= 15 is 0 Å². The first-order valence-corrected chi connectivity index (χ1v) is 11.5. The van der Waals surface area contributed by atoms with Crippen LogP contribution in [0.3, 0.4) is 0 Å². The first-order valence-electron chi connectivity index (χ1n) is 10.6. The summed E-state index contributed by atoms with van der Waals surface area (Å²) in [4.78, 5) is 37.1. The van der Waals surface area contributed by atoms with Crippen LogP contribution in [-0.4, -0.2) is 46.1 Å². The van der Waals surface area contributed by atoms with Crippen LogP contribution >= 0.6 is 11.8 Å². The first kappa shape index (κ1) is 22.1.